The van der Waals surface area contributed by atoms with Gasteiger partial charge in [-0.3, -0.25) is 18.6 Å². The van der Waals surface area contributed by atoms with E-state index in [-0.39, 0.29) is 32.6 Å². The summed E-state index contributed by atoms with van der Waals surface area (Å²) in [6, 6.07) is 0. The summed E-state index contributed by atoms with van der Waals surface area (Å²) in [4.78, 5) is 35.4. The lowest BCUT2D eigenvalue weighted by Crippen LogP contribution is -2.29. The number of hydrogen-bond acceptors (Lipinski definition) is 8. The van der Waals surface area contributed by atoms with E-state index in [0.29, 0.717) is 6.42 Å². The summed E-state index contributed by atoms with van der Waals surface area (Å²) in [5.41, 5.74) is 5.40. The molecule has 0 aromatic rings. The second-order valence-electron chi connectivity index (χ2n) is 22.6. The second kappa shape index (κ2) is 72.2. The van der Waals surface area contributed by atoms with Crippen LogP contribution in [0.3, 0.4) is 0 Å². The van der Waals surface area contributed by atoms with Gasteiger partial charge < -0.3 is 20.1 Å². The molecule has 502 valence electrons. The van der Waals surface area contributed by atoms with Gasteiger partial charge in [0.25, 0.3) is 0 Å². The largest absolute Gasteiger partial charge is 0.472 e. The van der Waals surface area contributed by atoms with E-state index in [1.807, 2.05) is 0 Å². The van der Waals surface area contributed by atoms with Crippen LogP contribution in [0.2, 0.25) is 0 Å². The fourth-order valence-electron chi connectivity index (χ4n) is 9.16. The van der Waals surface area contributed by atoms with Crippen LogP contribution in [0.25, 0.3) is 0 Å². The third-order valence-corrected chi connectivity index (χ3v) is 15.3. The van der Waals surface area contributed by atoms with Gasteiger partial charge in [-0.15, -0.1) is 0 Å². The van der Waals surface area contributed by atoms with Gasteiger partial charge in [0.15, 0.2) is 6.10 Å². The number of unbranched alkanes of at least 4 members (excludes halogenated alkanes) is 21. The van der Waals surface area contributed by atoms with E-state index in [4.69, 9.17) is 24.3 Å². The Morgan fingerprint density at radius 1 is 0.337 bits per heavy atom. The Balaban J connectivity index is 3.96. The maximum absolute atomic E-state index is 12.8. The summed E-state index contributed by atoms with van der Waals surface area (Å²) in [6.45, 7) is 3.50. The Morgan fingerprint density at radius 2 is 0.584 bits per heavy atom. The molecule has 0 aromatic carbocycles. The molecule has 2 unspecified atom stereocenters. The highest BCUT2D eigenvalue weighted by Crippen LogP contribution is 2.43. The van der Waals surface area contributed by atoms with Crippen LogP contribution in [-0.2, 0) is 32.7 Å². The SMILES string of the molecule is CC/C=C\C/C=C\C/C=C\C/C=C\C/C=C\C/C=C\C/C=C\C/C=C\C/C=C\C/C=C\CCCCCCCCCCCCC(=O)OC(COC(=O)CCCCCCCCCCCCC/C=C\C/C=C\C/C=C\C/C=C\C/C=C\CC)COP(=O)(O)OCCN. The molecule has 0 saturated heterocycles. The number of esters is 2. The molecular formula is C79H128NO8P. The van der Waals surface area contributed by atoms with E-state index < -0.39 is 32.5 Å². The molecule has 0 fully saturated rings. The van der Waals surface area contributed by atoms with E-state index in [2.05, 4.69) is 196 Å². The zero-order chi connectivity index (χ0) is 64.4. The van der Waals surface area contributed by atoms with Gasteiger partial charge in [0.1, 0.15) is 6.61 Å². The molecule has 0 rings (SSSR count). The first kappa shape index (κ1) is 84.1. The number of nitrogens with two attached hydrogens (primary N) is 1. The zero-order valence-electron chi connectivity index (χ0n) is 56.3. The Bertz CT molecular complexity index is 2110. The van der Waals surface area contributed by atoms with Crippen molar-refractivity contribution in [3.8, 4) is 0 Å². The van der Waals surface area contributed by atoms with Gasteiger partial charge >= 0.3 is 19.8 Å². The van der Waals surface area contributed by atoms with Crippen molar-refractivity contribution in [2.24, 2.45) is 5.73 Å². The average molecular weight is 1250 g/mol. The Hall–Kier alpha value is -4.89. The Kier molecular flexibility index (Phi) is 68.2. The highest BCUT2D eigenvalue weighted by molar-refractivity contribution is 7.47. The molecule has 10 heteroatoms. The summed E-state index contributed by atoms with van der Waals surface area (Å²) >= 11 is 0. The van der Waals surface area contributed by atoms with E-state index in [0.717, 1.165) is 154 Å². The maximum atomic E-state index is 12.8. The van der Waals surface area contributed by atoms with Crippen molar-refractivity contribution in [3.63, 3.8) is 0 Å². The molecule has 0 spiro atoms. The number of carbonyl (C=O) groups is 2. The molecule has 2 atom stereocenters. The molecular weight excluding hydrogens is 1120 g/mol. The second-order valence-corrected chi connectivity index (χ2v) is 24.1. The quantitative estimate of drug-likeness (QED) is 0.0264. The van der Waals surface area contributed by atoms with Crippen molar-refractivity contribution in [2.75, 3.05) is 26.4 Å². The number of allylic oxidation sites excluding steroid dienone is 30. The molecule has 0 aromatic heterocycles. The van der Waals surface area contributed by atoms with Crippen LogP contribution in [-0.4, -0.2) is 49.3 Å². The van der Waals surface area contributed by atoms with Gasteiger partial charge in [0.2, 0.25) is 0 Å². The van der Waals surface area contributed by atoms with Crippen molar-refractivity contribution in [2.45, 2.75) is 277 Å². The minimum absolute atomic E-state index is 0.0439. The van der Waals surface area contributed by atoms with Crippen LogP contribution in [0.15, 0.2) is 182 Å². The predicted octanol–water partition coefficient (Wildman–Crippen LogP) is 23.5. The van der Waals surface area contributed by atoms with Gasteiger partial charge in [0, 0.05) is 19.4 Å². The monoisotopic (exact) mass is 1250 g/mol. The first-order chi connectivity index (χ1) is 43.8. The van der Waals surface area contributed by atoms with Gasteiger partial charge in [-0.2, -0.15) is 0 Å². The van der Waals surface area contributed by atoms with E-state index in [1.54, 1.807) is 0 Å². The lowest BCUT2D eigenvalue weighted by molar-refractivity contribution is -0.161. The molecule has 3 N–H and O–H groups in total. The van der Waals surface area contributed by atoms with E-state index in [1.165, 1.54) is 83.5 Å². The van der Waals surface area contributed by atoms with Crippen LogP contribution in [0.1, 0.15) is 271 Å². The summed E-state index contributed by atoms with van der Waals surface area (Å²) in [5.74, 6) is -0.844. The summed E-state index contributed by atoms with van der Waals surface area (Å²) in [6.07, 6.45) is 108. The van der Waals surface area contributed by atoms with Crippen molar-refractivity contribution < 1.29 is 37.6 Å². The molecule has 0 aliphatic heterocycles. The molecule has 0 heterocycles. The molecule has 0 radical (unpaired) electrons. The van der Waals surface area contributed by atoms with Crippen LogP contribution < -0.4 is 5.73 Å². The predicted molar refractivity (Wildman–Crippen MR) is 385 cm³/mol. The lowest BCUT2D eigenvalue weighted by atomic mass is 10.0. The third-order valence-electron chi connectivity index (χ3n) is 14.3. The summed E-state index contributed by atoms with van der Waals surface area (Å²) in [7, 11) is -4.41. The van der Waals surface area contributed by atoms with Crippen LogP contribution in [0.4, 0.5) is 0 Å². The Labute approximate surface area is 545 Å². The number of hydrogen-bond donors (Lipinski definition) is 2. The van der Waals surface area contributed by atoms with Crippen LogP contribution >= 0.6 is 7.82 Å². The van der Waals surface area contributed by atoms with Crippen molar-refractivity contribution in [1.29, 1.82) is 0 Å². The third kappa shape index (κ3) is 72.1. The highest BCUT2D eigenvalue weighted by atomic mass is 31.2. The summed E-state index contributed by atoms with van der Waals surface area (Å²) < 4.78 is 33.2. The fourth-order valence-corrected chi connectivity index (χ4v) is 9.93. The van der Waals surface area contributed by atoms with Gasteiger partial charge in [-0.25, -0.2) is 4.57 Å². The molecule has 0 aliphatic rings. The van der Waals surface area contributed by atoms with Crippen molar-refractivity contribution in [3.05, 3.63) is 182 Å². The van der Waals surface area contributed by atoms with Gasteiger partial charge in [-0.05, 0) is 135 Å². The first-order valence-electron chi connectivity index (χ1n) is 35.3. The van der Waals surface area contributed by atoms with Crippen LogP contribution in [0, 0.1) is 0 Å². The minimum atomic E-state index is -4.41. The van der Waals surface area contributed by atoms with Crippen LogP contribution in [0.5, 0.6) is 0 Å². The molecule has 0 amide bonds. The smallest absolute Gasteiger partial charge is 0.462 e. The fraction of sp³-hybridized carbons (Fsp3) is 0.595. The number of phosphoric ester groups is 1. The molecule has 0 saturated carbocycles. The van der Waals surface area contributed by atoms with Gasteiger partial charge in [-0.1, -0.05) is 305 Å². The van der Waals surface area contributed by atoms with Crippen molar-refractivity contribution >= 4 is 19.8 Å². The molecule has 89 heavy (non-hydrogen) atoms. The number of carbonyl (C=O) groups excluding carboxylic acids is 2. The number of rotatable bonds is 64. The Morgan fingerprint density at radius 3 is 0.865 bits per heavy atom. The molecule has 0 aliphatic carbocycles. The van der Waals surface area contributed by atoms with E-state index >= 15 is 0 Å². The number of ether oxygens (including phenoxy) is 2. The minimum Gasteiger partial charge on any atom is -0.462 e. The van der Waals surface area contributed by atoms with Gasteiger partial charge in [0.05, 0.1) is 13.2 Å². The van der Waals surface area contributed by atoms with Crippen molar-refractivity contribution in [1.82, 2.24) is 0 Å². The highest BCUT2D eigenvalue weighted by Gasteiger charge is 2.26. The first-order valence-corrected chi connectivity index (χ1v) is 36.8. The standard InChI is InChI=1S/C79H128NO8P/c1-3-5-7-9-11-13-15-17-19-21-23-25-27-29-31-32-33-34-35-36-37-38-39-40-41-42-43-44-46-48-50-52-54-56-58-60-62-64-66-68-70-72-79(82)88-77(76-87-89(83,84)86-74-73-80)75-85-78(81)71-69-67-65-63-61-59-57-55-53-51-49-47-45-30-28-26-24-22-20-18-16-14-12-10-8-6-4-2/h5-8,11-14,17-20,23-26,29-31,33-34,36-37,39-40,42-43,45-46,48,77H,3-4,9-10,15-16,21-22,27-28,32,35,38,41,44,47,49-76,80H2,1-2H3,(H,83,84)/b7-5-,8-6-,13-11-,14-12-,19-17-,20-18-,25-23-,26-24-,31-29-,34-33-,37-36-,40-39-,43-42-,45-30-,48-46-. The number of phosphoric acid groups is 1. The zero-order valence-corrected chi connectivity index (χ0v) is 57.2. The normalized spacial score (nSPS) is 14.1. The average Bonchev–Trinajstić information content (AvgIpc) is 3.58. The molecule has 9 nitrogen and oxygen atoms in total. The lowest BCUT2D eigenvalue weighted by Gasteiger charge is -2.19. The maximum Gasteiger partial charge on any atom is 0.472 e. The van der Waals surface area contributed by atoms with E-state index in [9.17, 15) is 19.0 Å². The topological polar surface area (TPSA) is 134 Å². The summed E-state index contributed by atoms with van der Waals surface area (Å²) in [5, 5.41) is 0. The molecule has 0 bridgehead atoms.